The molecule has 0 bridgehead atoms. The number of carbonyl (C=O) groups excluding carboxylic acids is 1. The van der Waals surface area contributed by atoms with E-state index in [2.05, 4.69) is 15.9 Å². The SMILES string of the molecule is COc1cc2c(cc1Br)c(C(=O)C(Cl)(Cl)Cl)cn2C. The van der Waals surface area contributed by atoms with Crippen molar-refractivity contribution in [1.82, 2.24) is 4.57 Å². The number of methoxy groups -OCH3 is 1. The van der Waals surface area contributed by atoms with Crippen LogP contribution in [-0.4, -0.2) is 21.3 Å². The van der Waals surface area contributed by atoms with Crippen molar-refractivity contribution >= 4 is 67.4 Å². The number of ether oxygens (including phenoxy) is 1. The zero-order valence-corrected chi connectivity index (χ0v) is 13.9. The summed E-state index contributed by atoms with van der Waals surface area (Å²) in [6.07, 6.45) is 1.64. The molecule has 0 aliphatic rings. The second kappa shape index (κ2) is 5.17. The maximum Gasteiger partial charge on any atom is 0.253 e. The Balaban J connectivity index is 2.72. The van der Waals surface area contributed by atoms with Gasteiger partial charge >= 0.3 is 0 Å². The zero-order valence-electron chi connectivity index (χ0n) is 10.0. The highest BCUT2D eigenvalue weighted by Gasteiger charge is 2.33. The van der Waals surface area contributed by atoms with Crippen LogP contribution in [-0.2, 0) is 7.05 Å². The predicted molar refractivity (Wildman–Crippen MR) is 81.8 cm³/mol. The van der Waals surface area contributed by atoms with Gasteiger partial charge in [0.1, 0.15) is 5.75 Å². The maximum atomic E-state index is 12.1. The maximum absolute atomic E-state index is 12.1. The van der Waals surface area contributed by atoms with Gasteiger partial charge in [-0.3, -0.25) is 4.79 Å². The van der Waals surface area contributed by atoms with Gasteiger partial charge in [-0.1, -0.05) is 34.8 Å². The van der Waals surface area contributed by atoms with Crippen LogP contribution in [0, 0.1) is 0 Å². The number of carbonyl (C=O) groups is 1. The topological polar surface area (TPSA) is 31.2 Å². The Morgan fingerprint density at radius 1 is 1.37 bits per heavy atom. The standard InChI is InChI=1S/C12H9BrCl3NO2/c1-17-5-7(11(18)12(14,15)16)6-3-8(13)10(19-2)4-9(6)17/h3-5H,1-2H3. The van der Waals surface area contributed by atoms with E-state index in [1.807, 2.05) is 13.1 Å². The van der Waals surface area contributed by atoms with Crippen molar-refractivity contribution in [2.45, 2.75) is 3.79 Å². The summed E-state index contributed by atoms with van der Waals surface area (Å²) in [5.74, 6) is 0.113. The van der Waals surface area contributed by atoms with Gasteiger partial charge in [-0.2, -0.15) is 0 Å². The molecule has 0 unspecified atom stereocenters. The van der Waals surface area contributed by atoms with Crippen LogP contribution in [0.3, 0.4) is 0 Å². The highest BCUT2D eigenvalue weighted by molar-refractivity contribution is 9.10. The number of hydrogen-bond acceptors (Lipinski definition) is 2. The molecule has 2 rings (SSSR count). The van der Waals surface area contributed by atoms with Crippen molar-refractivity contribution in [2.24, 2.45) is 7.05 Å². The molecule has 0 saturated heterocycles. The number of benzene rings is 1. The highest BCUT2D eigenvalue weighted by Crippen LogP contribution is 2.37. The first-order valence-electron chi connectivity index (χ1n) is 5.19. The average Bonchev–Trinajstić information content (AvgIpc) is 2.63. The molecule has 0 amide bonds. The van der Waals surface area contributed by atoms with Gasteiger partial charge in [0.2, 0.25) is 5.78 Å². The molecule has 0 radical (unpaired) electrons. The lowest BCUT2D eigenvalue weighted by Crippen LogP contribution is -2.18. The van der Waals surface area contributed by atoms with E-state index in [-0.39, 0.29) is 0 Å². The number of aromatic nitrogens is 1. The molecule has 0 fully saturated rings. The van der Waals surface area contributed by atoms with Crippen molar-refractivity contribution in [2.75, 3.05) is 7.11 Å². The third kappa shape index (κ3) is 2.72. The number of rotatable bonds is 2. The third-order valence-corrected chi connectivity index (χ3v) is 3.90. The van der Waals surface area contributed by atoms with Gasteiger partial charge < -0.3 is 9.30 Å². The zero-order chi connectivity index (χ0) is 14.4. The summed E-state index contributed by atoms with van der Waals surface area (Å²) >= 11 is 20.4. The molecule has 0 aliphatic heterocycles. The largest absolute Gasteiger partial charge is 0.495 e. The van der Waals surface area contributed by atoms with Crippen LogP contribution in [0.4, 0.5) is 0 Å². The van der Waals surface area contributed by atoms with Crippen LogP contribution < -0.4 is 4.74 Å². The first kappa shape index (κ1) is 15.0. The van der Waals surface area contributed by atoms with Crippen molar-refractivity contribution in [3.63, 3.8) is 0 Å². The normalized spacial score (nSPS) is 11.9. The van der Waals surface area contributed by atoms with Gasteiger partial charge in [-0.05, 0) is 22.0 Å². The molecule has 3 nitrogen and oxygen atoms in total. The summed E-state index contributed by atoms with van der Waals surface area (Å²) in [6.45, 7) is 0. The van der Waals surface area contributed by atoms with Crippen LogP contribution in [0.25, 0.3) is 10.9 Å². The quantitative estimate of drug-likeness (QED) is 0.563. The minimum Gasteiger partial charge on any atom is -0.495 e. The van der Waals surface area contributed by atoms with E-state index < -0.39 is 9.58 Å². The van der Waals surface area contributed by atoms with E-state index in [0.717, 1.165) is 9.99 Å². The third-order valence-electron chi connectivity index (χ3n) is 2.77. The van der Waals surface area contributed by atoms with Crippen molar-refractivity contribution in [3.8, 4) is 5.75 Å². The first-order valence-corrected chi connectivity index (χ1v) is 7.12. The summed E-state index contributed by atoms with van der Waals surface area (Å²) in [6, 6.07) is 3.59. The van der Waals surface area contributed by atoms with E-state index >= 15 is 0 Å². The van der Waals surface area contributed by atoms with E-state index in [1.54, 1.807) is 23.9 Å². The number of ketones is 1. The number of halogens is 4. The van der Waals surface area contributed by atoms with Crippen LogP contribution in [0.5, 0.6) is 5.75 Å². The number of fused-ring (bicyclic) bond motifs is 1. The molecule has 0 N–H and O–H groups in total. The molecular formula is C12H9BrCl3NO2. The second-order valence-corrected chi connectivity index (χ2v) is 7.12. The van der Waals surface area contributed by atoms with E-state index in [4.69, 9.17) is 39.5 Å². The monoisotopic (exact) mass is 383 g/mol. The number of aryl methyl sites for hydroxylation is 1. The average molecular weight is 385 g/mol. The highest BCUT2D eigenvalue weighted by atomic mass is 79.9. The Bertz CT molecular complexity index is 661. The summed E-state index contributed by atoms with van der Waals surface area (Å²) < 4.78 is 5.76. The smallest absolute Gasteiger partial charge is 0.253 e. The van der Waals surface area contributed by atoms with Crippen LogP contribution in [0.15, 0.2) is 22.8 Å². The summed E-state index contributed by atoms with van der Waals surface area (Å²) in [7, 11) is 3.38. The van der Waals surface area contributed by atoms with Crippen LogP contribution in [0.2, 0.25) is 0 Å². The molecule has 19 heavy (non-hydrogen) atoms. The summed E-state index contributed by atoms with van der Waals surface area (Å²) in [5.41, 5.74) is 1.18. The second-order valence-electron chi connectivity index (χ2n) is 3.98. The van der Waals surface area contributed by atoms with E-state index in [0.29, 0.717) is 16.7 Å². The summed E-state index contributed by atoms with van der Waals surface area (Å²) in [4.78, 5) is 12.1. The Morgan fingerprint density at radius 2 is 2.00 bits per heavy atom. The van der Waals surface area contributed by atoms with Gasteiger partial charge in [-0.15, -0.1) is 0 Å². The lowest BCUT2D eigenvalue weighted by atomic mass is 10.1. The molecule has 102 valence electrons. The fourth-order valence-electron chi connectivity index (χ4n) is 1.87. The van der Waals surface area contributed by atoms with Gasteiger partial charge in [0, 0.05) is 30.3 Å². The Morgan fingerprint density at radius 3 is 2.53 bits per heavy atom. The van der Waals surface area contributed by atoms with Crippen molar-refractivity contribution in [1.29, 1.82) is 0 Å². The number of hydrogen-bond donors (Lipinski definition) is 0. The molecule has 1 heterocycles. The van der Waals surface area contributed by atoms with E-state index in [9.17, 15) is 4.79 Å². The number of alkyl halides is 3. The predicted octanol–water partition coefficient (Wildman–Crippen LogP) is 4.50. The van der Waals surface area contributed by atoms with Gasteiger partial charge in [0.15, 0.2) is 0 Å². The Labute approximate surface area is 133 Å². The molecule has 1 aromatic carbocycles. The molecule has 7 heteroatoms. The molecule has 0 aliphatic carbocycles. The first-order chi connectivity index (χ1) is 8.75. The van der Waals surface area contributed by atoms with Gasteiger partial charge in [0.05, 0.1) is 17.1 Å². The molecular weight excluding hydrogens is 376 g/mol. The van der Waals surface area contributed by atoms with E-state index in [1.165, 1.54) is 0 Å². The molecule has 0 atom stereocenters. The fourth-order valence-corrected chi connectivity index (χ4v) is 2.68. The fraction of sp³-hybridized carbons (Fsp3) is 0.250. The lowest BCUT2D eigenvalue weighted by Gasteiger charge is -2.08. The minimum absolute atomic E-state index is 0.362. The minimum atomic E-state index is -1.97. The Hall–Kier alpha value is -0.420. The molecule has 0 saturated carbocycles. The number of nitrogens with zero attached hydrogens (tertiary/aromatic N) is 1. The summed E-state index contributed by atoms with van der Waals surface area (Å²) in [5, 5.41) is 0.700. The van der Waals surface area contributed by atoms with Crippen LogP contribution >= 0.6 is 50.7 Å². The van der Waals surface area contributed by atoms with Gasteiger partial charge in [0.25, 0.3) is 3.79 Å². The molecule has 2 aromatic rings. The van der Waals surface area contributed by atoms with Crippen LogP contribution in [0.1, 0.15) is 10.4 Å². The van der Waals surface area contributed by atoms with Gasteiger partial charge in [-0.25, -0.2) is 0 Å². The molecule has 0 spiro atoms. The lowest BCUT2D eigenvalue weighted by molar-refractivity contribution is 0.0998. The number of Topliss-reactive ketones (excluding diaryl/α,β-unsaturated/α-hetero) is 1. The van der Waals surface area contributed by atoms with Crippen molar-refractivity contribution in [3.05, 3.63) is 28.4 Å². The Kier molecular flexibility index (Phi) is 4.07. The molecule has 1 aromatic heterocycles. The van der Waals surface area contributed by atoms with Crippen molar-refractivity contribution < 1.29 is 9.53 Å².